The maximum Gasteiger partial charge on any atom is 0.212 e. The average molecular weight is 275 g/mol. The molecule has 0 aliphatic carbocycles. The van der Waals surface area contributed by atoms with E-state index in [-0.39, 0.29) is 0 Å². The Morgan fingerprint density at radius 1 is 1.05 bits per heavy atom. The molecule has 0 aliphatic rings. The normalized spacial score (nSPS) is 9.95. The molecule has 7 nitrogen and oxygen atoms in total. The Morgan fingerprint density at radius 3 is 2.45 bits per heavy atom. The van der Waals surface area contributed by atoms with Crippen molar-refractivity contribution in [1.82, 2.24) is 15.0 Å². The minimum absolute atomic E-state index is 0.577. The molecule has 2 heterocycles. The van der Waals surface area contributed by atoms with E-state index in [1.165, 1.54) is 6.33 Å². The molecule has 0 aromatic carbocycles. The summed E-state index contributed by atoms with van der Waals surface area (Å²) in [7, 11) is 4.95. The van der Waals surface area contributed by atoms with Gasteiger partial charge in [-0.2, -0.15) is 0 Å². The number of rotatable bonds is 6. The van der Waals surface area contributed by atoms with Crippen LogP contribution in [0.15, 0.2) is 24.7 Å². The van der Waals surface area contributed by atoms with Gasteiger partial charge in [0.25, 0.3) is 0 Å². The molecule has 7 heteroatoms. The van der Waals surface area contributed by atoms with Gasteiger partial charge in [0.2, 0.25) is 11.6 Å². The molecule has 0 radical (unpaired) electrons. The third kappa shape index (κ3) is 3.05. The summed E-state index contributed by atoms with van der Waals surface area (Å²) in [5.41, 5.74) is 1.01. The molecule has 2 rings (SSSR count). The van der Waals surface area contributed by atoms with Crippen molar-refractivity contribution in [1.29, 1.82) is 0 Å². The van der Waals surface area contributed by atoms with E-state index >= 15 is 0 Å². The first kappa shape index (κ1) is 13.9. The lowest BCUT2D eigenvalue weighted by molar-refractivity contribution is 0.397. The molecule has 0 spiro atoms. The fourth-order valence-corrected chi connectivity index (χ4v) is 1.69. The van der Waals surface area contributed by atoms with Crippen molar-refractivity contribution >= 4 is 11.6 Å². The summed E-state index contributed by atoms with van der Waals surface area (Å²) in [4.78, 5) is 12.4. The van der Waals surface area contributed by atoms with Gasteiger partial charge in [0.05, 0.1) is 14.2 Å². The zero-order valence-electron chi connectivity index (χ0n) is 11.7. The third-order valence-electron chi connectivity index (χ3n) is 2.71. The quantitative estimate of drug-likeness (QED) is 0.827. The number of nitrogens with zero attached hydrogens (tertiary/aromatic N) is 3. The third-order valence-corrected chi connectivity index (χ3v) is 2.71. The van der Waals surface area contributed by atoms with Gasteiger partial charge in [0, 0.05) is 25.9 Å². The van der Waals surface area contributed by atoms with Crippen LogP contribution in [0.1, 0.15) is 5.56 Å². The smallest absolute Gasteiger partial charge is 0.212 e. The van der Waals surface area contributed by atoms with Crippen molar-refractivity contribution in [2.45, 2.75) is 6.54 Å². The SMILES string of the molecule is CNc1ncnc(NCc2ccc(OC)nc2)c1OC. The summed E-state index contributed by atoms with van der Waals surface area (Å²) in [6, 6.07) is 3.75. The maximum absolute atomic E-state index is 5.31. The monoisotopic (exact) mass is 275 g/mol. The molecular formula is C13H17N5O2. The highest BCUT2D eigenvalue weighted by molar-refractivity contribution is 5.63. The first-order valence-electron chi connectivity index (χ1n) is 6.08. The van der Waals surface area contributed by atoms with E-state index in [4.69, 9.17) is 9.47 Å². The summed E-state index contributed by atoms with van der Waals surface area (Å²) in [5, 5.41) is 6.15. The molecule has 2 aromatic rings. The van der Waals surface area contributed by atoms with Gasteiger partial charge in [-0.15, -0.1) is 0 Å². The van der Waals surface area contributed by atoms with Gasteiger partial charge in [-0.25, -0.2) is 15.0 Å². The van der Waals surface area contributed by atoms with E-state index < -0.39 is 0 Å². The minimum atomic E-state index is 0.577. The van der Waals surface area contributed by atoms with Crippen LogP contribution in [0, 0.1) is 0 Å². The second kappa shape index (κ2) is 6.55. The van der Waals surface area contributed by atoms with Crippen LogP contribution >= 0.6 is 0 Å². The lowest BCUT2D eigenvalue weighted by atomic mass is 10.3. The number of pyridine rings is 1. The van der Waals surface area contributed by atoms with Crippen LogP contribution in [0.25, 0.3) is 0 Å². The number of hydrogen-bond acceptors (Lipinski definition) is 7. The van der Waals surface area contributed by atoms with E-state index in [0.29, 0.717) is 29.8 Å². The molecule has 2 N–H and O–H groups in total. The zero-order valence-corrected chi connectivity index (χ0v) is 11.7. The maximum atomic E-state index is 5.31. The van der Waals surface area contributed by atoms with Crippen molar-refractivity contribution in [3.05, 3.63) is 30.2 Å². The van der Waals surface area contributed by atoms with Crippen molar-refractivity contribution in [3.63, 3.8) is 0 Å². The van der Waals surface area contributed by atoms with Crippen LogP contribution in [0.5, 0.6) is 11.6 Å². The molecular weight excluding hydrogens is 258 g/mol. The van der Waals surface area contributed by atoms with Gasteiger partial charge < -0.3 is 20.1 Å². The van der Waals surface area contributed by atoms with E-state index in [0.717, 1.165) is 5.56 Å². The molecule has 0 unspecified atom stereocenters. The highest BCUT2D eigenvalue weighted by Crippen LogP contribution is 2.28. The Hall–Kier alpha value is -2.57. The number of ether oxygens (including phenoxy) is 2. The van der Waals surface area contributed by atoms with Crippen LogP contribution in [-0.2, 0) is 6.54 Å². The fourth-order valence-electron chi connectivity index (χ4n) is 1.69. The van der Waals surface area contributed by atoms with Gasteiger partial charge in [0.1, 0.15) is 6.33 Å². The van der Waals surface area contributed by atoms with Crippen molar-refractivity contribution in [2.75, 3.05) is 31.9 Å². The number of hydrogen-bond donors (Lipinski definition) is 2. The van der Waals surface area contributed by atoms with Crippen LogP contribution in [0.4, 0.5) is 11.6 Å². The number of aromatic nitrogens is 3. The van der Waals surface area contributed by atoms with Crippen LogP contribution in [-0.4, -0.2) is 36.2 Å². The largest absolute Gasteiger partial charge is 0.490 e. The molecule has 0 bridgehead atoms. The van der Waals surface area contributed by atoms with E-state index in [1.807, 2.05) is 12.1 Å². The second-order valence-electron chi connectivity index (χ2n) is 3.92. The van der Waals surface area contributed by atoms with Crippen molar-refractivity contribution in [3.8, 4) is 11.6 Å². The summed E-state index contributed by atoms with van der Waals surface area (Å²) in [5.74, 6) is 2.43. The standard InChI is InChI=1S/C13H17N5O2/c1-14-12-11(20-3)13(18-8-17-12)16-7-9-4-5-10(19-2)15-6-9/h4-6,8H,7H2,1-3H3,(H2,14,16,17,18). The Bertz CT molecular complexity index is 559. The van der Waals surface area contributed by atoms with E-state index in [2.05, 4.69) is 25.6 Å². The molecule has 2 aromatic heterocycles. The van der Waals surface area contributed by atoms with Crippen LogP contribution < -0.4 is 20.1 Å². The summed E-state index contributed by atoms with van der Waals surface area (Å²) in [6.45, 7) is 0.577. The second-order valence-corrected chi connectivity index (χ2v) is 3.92. The Kier molecular flexibility index (Phi) is 4.54. The molecule has 0 fully saturated rings. The average Bonchev–Trinajstić information content (AvgIpc) is 2.52. The first-order valence-corrected chi connectivity index (χ1v) is 6.08. The topological polar surface area (TPSA) is 81.2 Å². The van der Waals surface area contributed by atoms with E-state index in [9.17, 15) is 0 Å². The molecule has 20 heavy (non-hydrogen) atoms. The molecule has 0 amide bonds. The minimum Gasteiger partial charge on any atom is -0.490 e. The van der Waals surface area contributed by atoms with E-state index in [1.54, 1.807) is 27.5 Å². The van der Waals surface area contributed by atoms with Gasteiger partial charge in [0.15, 0.2) is 11.6 Å². The fraction of sp³-hybridized carbons (Fsp3) is 0.308. The number of methoxy groups -OCH3 is 2. The molecule has 0 saturated carbocycles. The molecule has 0 saturated heterocycles. The van der Waals surface area contributed by atoms with Gasteiger partial charge >= 0.3 is 0 Å². The lowest BCUT2D eigenvalue weighted by Gasteiger charge is -2.12. The summed E-state index contributed by atoms with van der Waals surface area (Å²) >= 11 is 0. The molecule has 0 atom stereocenters. The number of anilines is 2. The first-order chi connectivity index (χ1) is 9.78. The Balaban J connectivity index is 2.10. The highest BCUT2D eigenvalue weighted by Gasteiger charge is 2.10. The van der Waals surface area contributed by atoms with Gasteiger partial charge in [-0.3, -0.25) is 0 Å². The highest BCUT2D eigenvalue weighted by atomic mass is 16.5. The van der Waals surface area contributed by atoms with Crippen LogP contribution in [0.3, 0.4) is 0 Å². The predicted molar refractivity (Wildman–Crippen MR) is 76.2 cm³/mol. The van der Waals surface area contributed by atoms with Crippen LogP contribution in [0.2, 0.25) is 0 Å². The van der Waals surface area contributed by atoms with Crippen molar-refractivity contribution in [2.24, 2.45) is 0 Å². The molecule has 106 valence electrons. The summed E-state index contributed by atoms with van der Waals surface area (Å²) < 4.78 is 10.3. The Labute approximate surface area is 117 Å². The van der Waals surface area contributed by atoms with Crippen molar-refractivity contribution < 1.29 is 9.47 Å². The Morgan fingerprint density at radius 2 is 1.85 bits per heavy atom. The predicted octanol–water partition coefficient (Wildman–Crippen LogP) is 1.54. The van der Waals surface area contributed by atoms with Gasteiger partial charge in [-0.1, -0.05) is 6.07 Å². The van der Waals surface area contributed by atoms with Gasteiger partial charge in [-0.05, 0) is 5.56 Å². The molecule has 0 aliphatic heterocycles. The zero-order chi connectivity index (χ0) is 14.4. The number of nitrogens with one attached hydrogen (secondary N) is 2. The lowest BCUT2D eigenvalue weighted by Crippen LogP contribution is -2.06. The summed E-state index contributed by atoms with van der Waals surface area (Å²) in [6.07, 6.45) is 3.22.